The number of nitrogens with zero attached hydrogens (tertiary/aromatic N) is 4. The maximum atomic E-state index is 13.3. The summed E-state index contributed by atoms with van der Waals surface area (Å²) in [7, 11) is 0. The number of anilines is 2. The van der Waals surface area contributed by atoms with Gasteiger partial charge in [0.2, 0.25) is 17.6 Å². The molecular weight excluding hydrogens is 508 g/mol. The number of aromatic nitrogens is 2. The molecule has 2 aliphatic heterocycles. The van der Waals surface area contributed by atoms with Gasteiger partial charge in [0.1, 0.15) is 0 Å². The van der Waals surface area contributed by atoms with Crippen molar-refractivity contribution in [2.24, 2.45) is 0 Å². The highest BCUT2D eigenvalue weighted by Crippen LogP contribution is 2.43. The van der Waals surface area contributed by atoms with Gasteiger partial charge in [-0.2, -0.15) is 4.98 Å². The van der Waals surface area contributed by atoms with E-state index in [1.54, 1.807) is 28.8 Å². The number of fused-ring (bicyclic) bond motifs is 2. The fourth-order valence-corrected chi connectivity index (χ4v) is 6.10. The molecule has 4 aromatic rings. The van der Waals surface area contributed by atoms with Crippen molar-refractivity contribution >= 4 is 46.6 Å². The standard InChI is InChI=1S/C28H23ClN4O3S/c1-2-12-32-22-11-10-17(13-24(22)37-23-9-4-3-8-21(23)28(32)35)26-30-27(36-31-26)18-14-25(34)33(16-18)20-7-5-6-19(29)15-20/h3-11,13,15,18H,2,12,14,16H2,1H3. The van der Waals surface area contributed by atoms with Crippen molar-refractivity contribution in [3.63, 3.8) is 0 Å². The van der Waals surface area contributed by atoms with Crippen molar-refractivity contribution in [1.29, 1.82) is 0 Å². The Balaban J connectivity index is 1.29. The van der Waals surface area contributed by atoms with Crippen LogP contribution in [-0.4, -0.2) is 35.0 Å². The largest absolute Gasteiger partial charge is 0.339 e. The van der Waals surface area contributed by atoms with Crippen LogP contribution in [0.1, 0.15) is 41.9 Å². The number of hydrogen-bond acceptors (Lipinski definition) is 6. The number of rotatable bonds is 5. The third-order valence-electron chi connectivity index (χ3n) is 6.57. The van der Waals surface area contributed by atoms with Gasteiger partial charge in [-0.15, -0.1) is 0 Å². The number of hydrogen-bond donors (Lipinski definition) is 0. The average molecular weight is 531 g/mol. The quantitative estimate of drug-likeness (QED) is 0.296. The first-order chi connectivity index (χ1) is 18.0. The first-order valence-corrected chi connectivity index (χ1v) is 13.3. The minimum atomic E-state index is -0.201. The first kappa shape index (κ1) is 23.8. The van der Waals surface area contributed by atoms with Crippen molar-refractivity contribution < 1.29 is 14.1 Å². The molecule has 0 bridgehead atoms. The van der Waals surface area contributed by atoms with Gasteiger partial charge in [0.15, 0.2) is 0 Å². The van der Waals surface area contributed by atoms with Gasteiger partial charge in [-0.3, -0.25) is 9.59 Å². The van der Waals surface area contributed by atoms with Gasteiger partial charge in [0, 0.05) is 45.6 Å². The maximum Gasteiger partial charge on any atom is 0.259 e. The number of carbonyl (C=O) groups excluding carboxylic acids is 2. The predicted molar refractivity (Wildman–Crippen MR) is 143 cm³/mol. The van der Waals surface area contributed by atoms with E-state index in [-0.39, 0.29) is 17.7 Å². The second-order valence-corrected chi connectivity index (χ2v) is 10.6. The number of amides is 2. The molecule has 0 radical (unpaired) electrons. The van der Waals surface area contributed by atoms with Crippen molar-refractivity contribution in [2.45, 2.75) is 35.5 Å². The number of carbonyl (C=O) groups is 2. The molecule has 1 unspecified atom stereocenters. The molecule has 3 aromatic carbocycles. The van der Waals surface area contributed by atoms with Crippen LogP contribution < -0.4 is 9.80 Å². The summed E-state index contributed by atoms with van der Waals surface area (Å²) in [5, 5.41) is 4.81. The lowest BCUT2D eigenvalue weighted by atomic mass is 10.1. The summed E-state index contributed by atoms with van der Waals surface area (Å²) < 4.78 is 5.62. The highest BCUT2D eigenvalue weighted by Gasteiger charge is 2.35. The Morgan fingerprint density at radius 3 is 2.76 bits per heavy atom. The molecule has 7 nitrogen and oxygen atoms in total. The van der Waals surface area contributed by atoms with E-state index in [4.69, 9.17) is 16.1 Å². The molecule has 0 spiro atoms. The lowest BCUT2D eigenvalue weighted by molar-refractivity contribution is -0.117. The zero-order chi connectivity index (χ0) is 25.5. The van der Waals surface area contributed by atoms with Gasteiger partial charge >= 0.3 is 0 Å². The summed E-state index contributed by atoms with van der Waals surface area (Å²) in [5.74, 6) is 0.690. The highest BCUT2D eigenvalue weighted by molar-refractivity contribution is 7.99. The fourth-order valence-electron chi connectivity index (χ4n) is 4.79. The molecule has 186 valence electrons. The lowest BCUT2D eigenvalue weighted by Crippen LogP contribution is -2.31. The molecule has 2 aliphatic rings. The Kier molecular flexibility index (Phi) is 6.22. The molecular formula is C28H23ClN4O3S. The Labute approximate surface area is 223 Å². The van der Waals surface area contributed by atoms with Gasteiger partial charge in [0.05, 0.1) is 17.2 Å². The fraction of sp³-hybridized carbons (Fsp3) is 0.214. The highest BCUT2D eigenvalue weighted by atomic mass is 35.5. The van der Waals surface area contributed by atoms with Gasteiger partial charge in [0.25, 0.3) is 5.91 Å². The molecule has 1 saturated heterocycles. The second-order valence-electron chi connectivity index (χ2n) is 9.08. The molecule has 1 aromatic heterocycles. The van der Waals surface area contributed by atoms with Crippen LogP contribution in [0.2, 0.25) is 5.02 Å². The molecule has 0 N–H and O–H groups in total. The van der Waals surface area contributed by atoms with Crippen LogP contribution >= 0.6 is 23.4 Å². The van der Waals surface area contributed by atoms with Crippen LogP contribution in [-0.2, 0) is 4.79 Å². The molecule has 1 fully saturated rings. The normalized spacial score (nSPS) is 17.1. The third kappa shape index (κ3) is 4.40. The summed E-state index contributed by atoms with van der Waals surface area (Å²) in [4.78, 5) is 36.1. The summed E-state index contributed by atoms with van der Waals surface area (Å²) in [5.41, 5.74) is 3.13. The van der Waals surface area contributed by atoms with E-state index in [0.717, 1.165) is 33.2 Å². The summed E-state index contributed by atoms with van der Waals surface area (Å²) in [6.07, 6.45) is 1.14. The molecule has 2 amide bonds. The minimum Gasteiger partial charge on any atom is -0.339 e. The molecule has 9 heteroatoms. The monoisotopic (exact) mass is 530 g/mol. The van der Waals surface area contributed by atoms with Crippen LogP contribution in [0, 0.1) is 0 Å². The van der Waals surface area contributed by atoms with E-state index in [9.17, 15) is 9.59 Å². The lowest BCUT2D eigenvalue weighted by Gasteiger charge is -2.22. The van der Waals surface area contributed by atoms with Crippen LogP contribution in [0.15, 0.2) is 81.0 Å². The van der Waals surface area contributed by atoms with E-state index in [1.165, 1.54) is 0 Å². The Morgan fingerprint density at radius 1 is 1.05 bits per heavy atom. The van der Waals surface area contributed by atoms with Crippen LogP contribution in [0.25, 0.3) is 11.4 Å². The summed E-state index contributed by atoms with van der Waals surface area (Å²) in [6.45, 7) is 3.14. The Morgan fingerprint density at radius 2 is 1.92 bits per heavy atom. The smallest absolute Gasteiger partial charge is 0.259 e. The molecule has 6 rings (SSSR count). The molecule has 0 aliphatic carbocycles. The maximum absolute atomic E-state index is 13.3. The van der Waals surface area contributed by atoms with Crippen LogP contribution in [0.5, 0.6) is 0 Å². The average Bonchev–Trinajstić information content (AvgIpc) is 3.52. The van der Waals surface area contributed by atoms with Gasteiger partial charge < -0.3 is 14.3 Å². The summed E-state index contributed by atoms with van der Waals surface area (Å²) >= 11 is 7.68. The van der Waals surface area contributed by atoms with E-state index in [0.29, 0.717) is 41.8 Å². The molecule has 37 heavy (non-hydrogen) atoms. The molecule has 1 atom stereocenters. The van der Waals surface area contributed by atoms with E-state index < -0.39 is 0 Å². The third-order valence-corrected chi connectivity index (χ3v) is 7.93. The number of halogens is 1. The second kappa shape index (κ2) is 9.68. The predicted octanol–water partition coefficient (Wildman–Crippen LogP) is 6.43. The Bertz CT molecular complexity index is 1520. The SMILES string of the molecule is CCCN1C(=O)c2ccccc2Sc2cc(-c3noc(C4CC(=O)N(c5cccc(Cl)c5)C4)n3)ccc21. The topological polar surface area (TPSA) is 79.5 Å². The van der Waals surface area contributed by atoms with Crippen LogP contribution in [0.3, 0.4) is 0 Å². The van der Waals surface area contributed by atoms with Gasteiger partial charge in [-0.25, -0.2) is 0 Å². The van der Waals surface area contributed by atoms with Gasteiger partial charge in [-0.1, -0.05) is 53.6 Å². The molecule has 0 saturated carbocycles. The summed E-state index contributed by atoms with van der Waals surface area (Å²) in [6, 6.07) is 20.8. The Hall–Kier alpha value is -3.62. The van der Waals surface area contributed by atoms with Crippen molar-refractivity contribution in [1.82, 2.24) is 10.1 Å². The number of benzene rings is 3. The van der Waals surface area contributed by atoms with Crippen LogP contribution in [0.4, 0.5) is 11.4 Å². The van der Waals surface area contributed by atoms with Crippen molar-refractivity contribution in [3.8, 4) is 11.4 Å². The zero-order valence-electron chi connectivity index (χ0n) is 20.1. The van der Waals surface area contributed by atoms with Gasteiger partial charge in [-0.05, 0) is 55.0 Å². The minimum absolute atomic E-state index is 0.00667. The van der Waals surface area contributed by atoms with E-state index >= 15 is 0 Å². The van der Waals surface area contributed by atoms with E-state index in [2.05, 4.69) is 17.1 Å². The zero-order valence-corrected chi connectivity index (χ0v) is 21.6. The first-order valence-electron chi connectivity index (χ1n) is 12.1. The van der Waals surface area contributed by atoms with Crippen molar-refractivity contribution in [2.75, 3.05) is 22.9 Å². The van der Waals surface area contributed by atoms with E-state index in [1.807, 2.05) is 59.5 Å². The van der Waals surface area contributed by atoms with Crippen molar-refractivity contribution in [3.05, 3.63) is 83.2 Å². The molecule has 3 heterocycles.